The van der Waals surface area contributed by atoms with Gasteiger partial charge < -0.3 is 5.32 Å². The van der Waals surface area contributed by atoms with E-state index < -0.39 is 0 Å². The average Bonchev–Trinajstić information content (AvgIpc) is 2.95. The number of nitrogens with one attached hydrogen (secondary N) is 1. The number of nitriles is 1. The first-order chi connectivity index (χ1) is 13.0. The molecule has 5 nitrogen and oxygen atoms in total. The van der Waals surface area contributed by atoms with Crippen LogP contribution < -0.4 is 5.32 Å². The number of carbonyl (C=O) groups excluding carboxylic acids is 1. The molecular formula is C20H18N4OS2. The van der Waals surface area contributed by atoms with Gasteiger partial charge in [0, 0.05) is 10.4 Å². The molecule has 136 valence electrons. The minimum absolute atomic E-state index is 0.155. The summed E-state index contributed by atoms with van der Waals surface area (Å²) in [6.45, 7) is 5.66. The summed E-state index contributed by atoms with van der Waals surface area (Å²) in [5.41, 5.74) is 3.27. The number of rotatable bonds is 5. The lowest BCUT2D eigenvalue weighted by atomic mass is 10.1. The summed E-state index contributed by atoms with van der Waals surface area (Å²) < 4.78 is 0. The highest BCUT2D eigenvalue weighted by Gasteiger charge is 2.20. The van der Waals surface area contributed by atoms with Crippen LogP contribution in [0.2, 0.25) is 0 Å². The summed E-state index contributed by atoms with van der Waals surface area (Å²) in [5.74, 6) is -0.155. The van der Waals surface area contributed by atoms with Crippen LogP contribution in [-0.4, -0.2) is 21.1 Å². The number of carbonyl (C=O) groups is 1. The van der Waals surface area contributed by atoms with Gasteiger partial charge in [0.2, 0.25) is 5.91 Å². The Hall–Kier alpha value is -2.69. The Morgan fingerprint density at radius 1 is 1.26 bits per heavy atom. The van der Waals surface area contributed by atoms with E-state index in [4.69, 9.17) is 0 Å². The van der Waals surface area contributed by atoms with Crippen LogP contribution in [0.1, 0.15) is 22.9 Å². The van der Waals surface area contributed by atoms with E-state index in [2.05, 4.69) is 21.4 Å². The van der Waals surface area contributed by atoms with Crippen LogP contribution in [0.4, 0.5) is 5.00 Å². The Bertz CT molecular complexity index is 1010. The maximum absolute atomic E-state index is 12.6. The maximum atomic E-state index is 12.6. The van der Waals surface area contributed by atoms with Crippen molar-refractivity contribution in [2.75, 3.05) is 5.32 Å². The number of hydrogen-bond acceptors (Lipinski definition) is 6. The molecule has 0 saturated carbocycles. The third kappa shape index (κ3) is 4.35. The summed E-state index contributed by atoms with van der Waals surface area (Å²) >= 11 is 2.79. The zero-order valence-corrected chi connectivity index (χ0v) is 16.8. The quantitative estimate of drug-likeness (QED) is 0.496. The van der Waals surface area contributed by atoms with Gasteiger partial charge in [0.15, 0.2) is 0 Å². The van der Waals surface area contributed by atoms with E-state index in [0.717, 1.165) is 26.7 Å². The fourth-order valence-corrected chi connectivity index (χ4v) is 4.30. The van der Waals surface area contributed by atoms with E-state index in [0.29, 0.717) is 10.6 Å². The predicted molar refractivity (Wildman–Crippen MR) is 110 cm³/mol. The molecule has 0 aliphatic rings. The van der Waals surface area contributed by atoms with Crippen LogP contribution in [0, 0.1) is 25.2 Å². The highest BCUT2D eigenvalue weighted by molar-refractivity contribution is 8.00. The molecule has 0 aliphatic heterocycles. The Labute approximate surface area is 166 Å². The summed E-state index contributed by atoms with van der Waals surface area (Å²) in [6, 6.07) is 13.9. The van der Waals surface area contributed by atoms with Gasteiger partial charge in [-0.25, -0.2) is 9.97 Å². The zero-order valence-electron chi connectivity index (χ0n) is 15.2. The number of nitrogens with zero attached hydrogens (tertiary/aromatic N) is 3. The van der Waals surface area contributed by atoms with E-state index in [1.54, 1.807) is 0 Å². The van der Waals surface area contributed by atoms with E-state index >= 15 is 0 Å². The Kier molecular flexibility index (Phi) is 5.89. The van der Waals surface area contributed by atoms with Crippen LogP contribution in [-0.2, 0) is 4.79 Å². The number of amides is 1. The number of thiophene rings is 1. The van der Waals surface area contributed by atoms with Gasteiger partial charge in [0.1, 0.15) is 22.4 Å². The van der Waals surface area contributed by atoms with Crippen molar-refractivity contribution in [1.82, 2.24) is 9.97 Å². The first-order valence-corrected chi connectivity index (χ1v) is 10.0. The van der Waals surface area contributed by atoms with E-state index in [9.17, 15) is 10.1 Å². The van der Waals surface area contributed by atoms with Crippen molar-refractivity contribution < 1.29 is 4.79 Å². The topological polar surface area (TPSA) is 78.7 Å². The van der Waals surface area contributed by atoms with Gasteiger partial charge in [0.05, 0.1) is 16.5 Å². The van der Waals surface area contributed by atoms with Crippen molar-refractivity contribution in [3.8, 4) is 17.3 Å². The number of thioether (sulfide) groups is 1. The molecule has 7 heteroatoms. The summed E-state index contributed by atoms with van der Waals surface area (Å²) in [5, 5.41) is 13.2. The number of benzene rings is 1. The molecule has 0 unspecified atom stereocenters. The minimum atomic E-state index is -0.363. The monoisotopic (exact) mass is 394 g/mol. The summed E-state index contributed by atoms with van der Waals surface area (Å²) in [4.78, 5) is 22.2. The molecular weight excluding hydrogens is 376 g/mol. The summed E-state index contributed by atoms with van der Waals surface area (Å²) in [7, 11) is 0. The Morgan fingerprint density at radius 2 is 2.00 bits per heavy atom. The molecule has 2 aromatic heterocycles. The molecule has 1 aromatic carbocycles. The smallest absolute Gasteiger partial charge is 0.238 e. The van der Waals surface area contributed by atoms with Crippen molar-refractivity contribution in [2.24, 2.45) is 0 Å². The Balaban J connectivity index is 1.72. The second-order valence-corrected chi connectivity index (χ2v) is 8.54. The van der Waals surface area contributed by atoms with Gasteiger partial charge in [-0.15, -0.1) is 11.3 Å². The molecule has 0 saturated heterocycles. The molecule has 0 aliphatic carbocycles. The number of aryl methyl sites for hydroxylation is 1. The molecule has 1 atom stereocenters. The molecule has 0 spiro atoms. The van der Waals surface area contributed by atoms with Crippen LogP contribution in [0.25, 0.3) is 11.3 Å². The van der Waals surface area contributed by atoms with Crippen LogP contribution in [0.15, 0.2) is 47.8 Å². The average molecular weight is 395 g/mol. The number of anilines is 1. The predicted octanol–water partition coefficient (Wildman–Crippen LogP) is 4.81. The van der Waals surface area contributed by atoms with Crippen molar-refractivity contribution in [2.45, 2.75) is 31.0 Å². The molecule has 1 N–H and O–H groups in total. The van der Waals surface area contributed by atoms with Gasteiger partial charge >= 0.3 is 0 Å². The second kappa shape index (κ2) is 8.33. The highest BCUT2D eigenvalue weighted by atomic mass is 32.2. The van der Waals surface area contributed by atoms with Crippen LogP contribution >= 0.6 is 23.1 Å². The fraction of sp³-hybridized carbons (Fsp3) is 0.200. The van der Waals surface area contributed by atoms with E-state index in [1.807, 2.05) is 57.2 Å². The maximum Gasteiger partial charge on any atom is 0.238 e. The van der Waals surface area contributed by atoms with Gasteiger partial charge in [-0.1, -0.05) is 42.1 Å². The molecule has 0 fully saturated rings. The van der Waals surface area contributed by atoms with Gasteiger partial charge in [-0.2, -0.15) is 5.26 Å². The first kappa shape index (κ1) is 19.1. The number of aromatic nitrogens is 2. The molecule has 1 amide bonds. The van der Waals surface area contributed by atoms with E-state index in [-0.39, 0.29) is 11.2 Å². The molecule has 0 bridgehead atoms. The summed E-state index contributed by atoms with van der Waals surface area (Å²) in [6.07, 6.45) is 1.51. The lowest BCUT2D eigenvalue weighted by molar-refractivity contribution is -0.115. The van der Waals surface area contributed by atoms with Crippen LogP contribution in [0.5, 0.6) is 0 Å². The molecule has 3 rings (SSSR count). The highest BCUT2D eigenvalue weighted by Crippen LogP contribution is 2.33. The largest absolute Gasteiger partial charge is 0.316 e. The Morgan fingerprint density at radius 3 is 2.70 bits per heavy atom. The molecule has 3 aromatic rings. The SMILES string of the molecule is Cc1sc(NC(=O)[C@@H](C)Sc2cc(-c3ccccc3)ncn2)c(C#N)c1C. The van der Waals surface area contributed by atoms with Gasteiger partial charge in [-0.05, 0) is 32.4 Å². The van der Waals surface area contributed by atoms with Crippen LogP contribution in [0.3, 0.4) is 0 Å². The second-order valence-electron chi connectivity index (χ2n) is 5.96. The molecule has 2 heterocycles. The minimum Gasteiger partial charge on any atom is -0.316 e. The lowest BCUT2D eigenvalue weighted by Gasteiger charge is -2.11. The van der Waals surface area contributed by atoms with E-state index in [1.165, 1.54) is 29.4 Å². The zero-order chi connectivity index (χ0) is 19.4. The third-order valence-electron chi connectivity index (χ3n) is 4.11. The van der Waals surface area contributed by atoms with Crippen molar-refractivity contribution in [3.05, 3.63) is 58.7 Å². The number of hydrogen-bond donors (Lipinski definition) is 1. The van der Waals surface area contributed by atoms with Crippen molar-refractivity contribution >= 4 is 34.0 Å². The molecule has 0 radical (unpaired) electrons. The third-order valence-corrected chi connectivity index (χ3v) is 6.27. The lowest BCUT2D eigenvalue weighted by Crippen LogP contribution is -2.22. The fourth-order valence-electron chi connectivity index (χ4n) is 2.47. The van der Waals surface area contributed by atoms with Crippen molar-refractivity contribution in [3.63, 3.8) is 0 Å². The standard InChI is InChI=1S/C20H18N4OS2/c1-12-13(2)27-20(16(12)10-21)24-19(25)14(3)26-18-9-17(22-11-23-18)15-7-5-4-6-8-15/h4-9,11,14H,1-3H3,(H,24,25)/t14-/m1/s1. The van der Waals surface area contributed by atoms with Gasteiger partial charge in [0.25, 0.3) is 0 Å². The van der Waals surface area contributed by atoms with Gasteiger partial charge in [-0.3, -0.25) is 4.79 Å². The molecule has 27 heavy (non-hydrogen) atoms. The van der Waals surface area contributed by atoms with Crippen molar-refractivity contribution in [1.29, 1.82) is 5.26 Å². The normalized spacial score (nSPS) is 11.6. The first-order valence-electron chi connectivity index (χ1n) is 8.34.